The van der Waals surface area contributed by atoms with Crippen molar-refractivity contribution in [2.75, 3.05) is 16.9 Å². The Bertz CT molecular complexity index is 1400. The van der Waals surface area contributed by atoms with Gasteiger partial charge in [0.2, 0.25) is 5.95 Å². The van der Waals surface area contributed by atoms with Crippen LogP contribution in [0.4, 0.5) is 17.5 Å². The van der Waals surface area contributed by atoms with Gasteiger partial charge in [0.15, 0.2) is 17.2 Å². The highest BCUT2D eigenvalue weighted by atomic mass is 35.5. The lowest BCUT2D eigenvalue weighted by Gasteiger charge is -2.17. The monoisotopic (exact) mass is 472 g/mol. The number of rotatable bonds is 7. The highest BCUT2D eigenvalue weighted by Gasteiger charge is 2.25. The number of nitriles is 2. The van der Waals surface area contributed by atoms with Gasteiger partial charge in [-0.15, -0.1) is 5.10 Å². The van der Waals surface area contributed by atoms with Crippen LogP contribution in [-0.4, -0.2) is 40.3 Å². The highest BCUT2D eigenvalue weighted by Crippen LogP contribution is 2.35. The standard InChI is InChI=1S/C19H17ClN8O3S/c1-10(31-32(2,29)30)14-5-11(7-21)6-15(16(14)20)25-19-26-17(24-12-3-4-12)18-23-9-13(8-22)28(18)27-19/h5-6,9-10,12H,3-4H2,1-2H3,(H2,24,25,26,27). The highest BCUT2D eigenvalue weighted by molar-refractivity contribution is 7.86. The molecule has 0 radical (unpaired) electrons. The van der Waals surface area contributed by atoms with Crippen molar-refractivity contribution >= 4 is 44.8 Å². The van der Waals surface area contributed by atoms with Gasteiger partial charge in [-0.3, -0.25) is 4.18 Å². The van der Waals surface area contributed by atoms with Crippen LogP contribution < -0.4 is 10.6 Å². The van der Waals surface area contributed by atoms with Crippen LogP contribution in [-0.2, 0) is 14.3 Å². The molecule has 1 unspecified atom stereocenters. The summed E-state index contributed by atoms with van der Waals surface area (Å²) in [5.74, 6) is 0.558. The maximum absolute atomic E-state index is 11.5. The van der Waals surface area contributed by atoms with Crippen LogP contribution in [0.25, 0.3) is 5.65 Å². The van der Waals surface area contributed by atoms with Gasteiger partial charge < -0.3 is 10.6 Å². The summed E-state index contributed by atoms with van der Waals surface area (Å²) in [4.78, 5) is 8.68. The summed E-state index contributed by atoms with van der Waals surface area (Å²) in [5.41, 5.74) is 1.44. The molecule has 0 aliphatic heterocycles. The molecule has 1 aromatic carbocycles. The van der Waals surface area contributed by atoms with Crippen LogP contribution in [0.5, 0.6) is 0 Å². The molecule has 4 rings (SSSR count). The van der Waals surface area contributed by atoms with Crippen molar-refractivity contribution in [2.24, 2.45) is 0 Å². The Labute approximate surface area is 188 Å². The Morgan fingerprint density at radius 3 is 2.69 bits per heavy atom. The molecule has 0 bridgehead atoms. The zero-order valence-electron chi connectivity index (χ0n) is 17.0. The number of hydrogen-bond donors (Lipinski definition) is 2. The number of nitrogens with zero attached hydrogens (tertiary/aromatic N) is 6. The van der Waals surface area contributed by atoms with Gasteiger partial charge in [-0.2, -0.15) is 28.4 Å². The topological polar surface area (TPSA) is 158 Å². The molecular weight excluding hydrogens is 456 g/mol. The largest absolute Gasteiger partial charge is 0.364 e. The number of halogens is 1. The normalized spacial score (nSPS) is 14.5. The van der Waals surface area contributed by atoms with Crippen molar-refractivity contribution in [1.82, 2.24) is 19.6 Å². The fourth-order valence-corrected chi connectivity index (χ4v) is 4.00. The van der Waals surface area contributed by atoms with Crippen molar-refractivity contribution in [3.63, 3.8) is 0 Å². The predicted molar refractivity (Wildman–Crippen MR) is 116 cm³/mol. The van der Waals surface area contributed by atoms with Gasteiger partial charge in [-0.05, 0) is 31.9 Å². The second-order valence-electron chi connectivity index (χ2n) is 7.30. The van der Waals surface area contributed by atoms with Crippen molar-refractivity contribution in [3.8, 4) is 12.1 Å². The Hall–Kier alpha value is -3.45. The second-order valence-corrected chi connectivity index (χ2v) is 9.28. The molecule has 32 heavy (non-hydrogen) atoms. The molecular formula is C19H17ClN8O3S. The molecule has 2 heterocycles. The molecule has 2 N–H and O–H groups in total. The molecule has 0 spiro atoms. The molecule has 1 atom stereocenters. The van der Waals surface area contributed by atoms with E-state index in [0.29, 0.717) is 17.0 Å². The summed E-state index contributed by atoms with van der Waals surface area (Å²) in [7, 11) is -3.75. The molecule has 3 aromatic rings. The zero-order chi connectivity index (χ0) is 23.0. The predicted octanol–water partition coefficient (Wildman–Crippen LogP) is 2.88. The Kier molecular flexibility index (Phi) is 5.60. The van der Waals surface area contributed by atoms with E-state index in [9.17, 15) is 18.9 Å². The minimum absolute atomic E-state index is 0.106. The van der Waals surface area contributed by atoms with E-state index in [2.05, 4.69) is 25.7 Å². The fourth-order valence-electron chi connectivity index (χ4n) is 3.06. The molecule has 11 nitrogen and oxygen atoms in total. The van der Waals surface area contributed by atoms with Crippen molar-refractivity contribution < 1.29 is 12.6 Å². The molecule has 0 saturated heterocycles. The van der Waals surface area contributed by atoms with E-state index < -0.39 is 16.2 Å². The van der Waals surface area contributed by atoms with E-state index in [1.807, 2.05) is 12.1 Å². The van der Waals surface area contributed by atoms with Crippen molar-refractivity contribution in [1.29, 1.82) is 10.5 Å². The van der Waals surface area contributed by atoms with Gasteiger partial charge in [0.1, 0.15) is 12.2 Å². The smallest absolute Gasteiger partial charge is 0.264 e. The Morgan fingerprint density at radius 2 is 2.06 bits per heavy atom. The van der Waals surface area contributed by atoms with E-state index in [0.717, 1.165) is 19.1 Å². The number of fused-ring (bicyclic) bond motifs is 1. The number of benzene rings is 1. The van der Waals surface area contributed by atoms with Gasteiger partial charge in [0.25, 0.3) is 10.1 Å². The van der Waals surface area contributed by atoms with Gasteiger partial charge in [0.05, 0.1) is 34.8 Å². The lowest BCUT2D eigenvalue weighted by molar-refractivity contribution is 0.237. The quantitative estimate of drug-likeness (QED) is 0.489. The minimum atomic E-state index is -3.75. The molecule has 1 saturated carbocycles. The number of aromatic nitrogens is 4. The van der Waals surface area contributed by atoms with Crippen molar-refractivity contribution in [2.45, 2.75) is 31.9 Å². The first-order valence-corrected chi connectivity index (χ1v) is 11.7. The average Bonchev–Trinajstić information content (AvgIpc) is 3.44. The summed E-state index contributed by atoms with van der Waals surface area (Å²) < 4.78 is 29.5. The summed E-state index contributed by atoms with van der Waals surface area (Å²) in [5, 5.41) is 29.5. The summed E-state index contributed by atoms with van der Waals surface area (Å²) in [6.45, 7) is 1.51. The third-order valence-electron chi connectivity index (χ3n) is 4.63. The molecule has 1 aliphatic carbocycles. The van der Waals surface area contributed by atoms with Crippen LogP contribution in [0, 0.1) is 22.7 Å². The third kappa shape index (κ3) is 4.57. The van der Waals surface area contributed by atoms with Crippen LogP contribution >= 0.6 is 11.6 Å². The van der Waals surface area contributed by atoms with Crippen LogP contribution in [0.3, 0.4) is 0 Å². The fraction of sp³-hybridized carbons (Fsp3) is 0.316. The molecule has 0 amide bonds. The number of anilines is 3. The molecule has 1 aliphatic rings. The maximum Gasteiger partial charge on any atom is 0.264 e. The molecule has 164 valence electrons. The molecule has 1 fully saturated rings. The van der Waals surface area contributed by atoms with Crippen LogP contribution in [0.15, 0.2) is 18.3 Å². The lowest BCUT2D eigenvalue weighted by atomic mass is 10.1. The average molecular weight is 473 g/mol. The van der Waals surface area contributed by atoms with Gasteiger partial charge in [-0.25, -0.2) is 4.98 Å². The Balaban J connectivity index is 1.77. The number of imidazole rings is 1. The van der Waals surface area contributed by atoms with E-state index >= 15 is 0 Å². The zero-order valence-corrected chi connectivity index (χ0v) is 18.6. The molecule has 2 aromatic heterocycles. The third-order valence-corrected chi connectivity index (χ3v) is 5.69. The summed E-state index contributed by atoms with van der Waals surface area (Å²) in [6, 6.07) is 7.25. The minimum Gasteiger partial charge on any atom is -0.364 e. The van der Waals surface area contributed by atoms with Crippen LogP contribution in [0.1, 0.15) is 42.7 Å². The van der Waals surface area contributed by atoms with E-state index in [-0.39, 0.29) is 34.0 Å². The first-order chi connectivity index (χ1) is 15.2. The first kappa shape index (κ1) is 21.8. The van der Waals surface area contributed by atoms with Gasteiger partial charge >= 0.3 is 0 Å². The summed E-state index contributed by atoms with van der Waals surface area (Å²) >= 11 is 6.51. The van der Waals surface area contributed by atoms with E-state index in [1.54, 1.807) is 0 Å². The van der Waals surface area contributed by atoms with E-state index in [1.165, 1.54) is 29.8 Å². The van der Waals surface area contributed by atoms with Gasteiger partial charge in [0, 0.05) is 11.6 Å². The lowest BCUT2D eigenvalue weighted by Crippen LogP contribution is -2.12. The van der Waals surface area contributed by atoms with E-state index in [4.69, 9.17) is 15.8 Å². The molecule has 13 heteroatoms. The first-order valence-electron chi connectivity index (χ1n) is 9.49. The van der Waals surface area contributed by atoms with Crippen molar-refractivity contribution in [3.05, 3.63) is 40.2 Å². The van der Waals surface area contributed by atoms with Gasteiger partial charge in [-0.1, -0.05) is 11.6 Å². The number of hydrogen-bond acceptors (Lipinski definition) is 10. The number of nitrogens with one attached hydrogen (secondary N) is 2. The second kappa shape index (κ2) is 8.24. The maximum atomic E-state index is 11.5. The SMILES string of the molecule is CC(OS(C)(=O)=O)c1cc(C#N)cc(Nc2nc(NC3CC3)c3ncc(C#N)n3n2)c1Cl. The summed E-state index contributed by atoms with van der Waals surface area (Å²) in [6.07, 6.45) is 3.41. The Morgan fingerprint density at radius 1 is 1.31 bits per heavy atom. The van der Waals surface area contributed by atoms with Crippen LogP contribution in [0.2, 0.25) is 5.02 Å².